The number of hydrogen-bond donors (Lipinski definition) is 2. The van der Waals surface area contributed by atoms with E-state index in [0.717, 1.165) is 68.0 Å². The highest BCUT2D eigenvalue weighted by Gasteiger charge is 2.31. The molecule has 6 nitrogen and oxygen atoms in total. The van der Waals surface area contributed by atoms with E-state index in [-0.39, 0.29) is 36.6 Å². The summed E-state index contributed by atoms with van der Waals surface area (Å²) in [5.74, 6) is 1.06. The fourth-order valence-corrected chi connectivity index (χ4v) is 4.14. The van der Waals surface area contributed by atoms with Gasteiger partial charge in [-0.05, 0) is 43.7 Å². The lowest BCUT2D eigenvalue weighted by molar-refractivity contribution is -0.120. The van der Waals surface area contributed by atoms with E-state index in [1.165, 1.54) is 0 Å². The minimum Gasteiger partial charge on any atom is -0.353 e. The summed E-state index contributed by atoms with van der Waals surface area (Å²) in [5, 5.41) is 4.96. The Kier molecular flexibility index (Phi) is 8.16. The van der Waals surface area contributed by atoms with E-state index in [0.29, 0.717) is 11.6 Å². The van der Waals surface area contributed by atoms with E-state index >= 15 is 0 Å². The Morgan fingerprint density at radius 3 is 2.64 bits per heavy atom. The van der Waals surface area contributed by atoms with Crippen molar-refractivity contribution in [2.75, 3.05) is 49.1 Å². The molecule has 2 aliphatic heterocycles. The van der Waals surface area contributed by atoms with E-state index in [2.05, 4.69) is 10.2 Å². The van der Waals surface area contributed by atoms with Gasteiger partial charge in [-0.3, -0.25) is 4.79 Å². The normalized spacial score (nSPS) is 19.5. The Morgan fingerprint density at radius 2 is 1.93 bits per heavy atom. The first-order chi connectivity index (χ1) is 12.7. The maximum atomic E-state index is 12.6. The van der Waals surface area contributed by atoms with Gasteiger partial charge in [0.05, 0.1) is 10.5 Å². The number of amides is 1. The van der Waals surface area contributed by atoms with E-state index in [4.69, 9.17) is 22.3 Å². The predicted molar refractivity (Wildman–Crippen MR) is 120 cm³/mol. The van der Waals surface area contributed by atoms with Crippen LogP contribution >= 0.6 is 36.4 Å². The monoisotopic (exact) mass is 445 g/mol. The zero-order valence-electron chi connectivity index (χ0n) is 15.6. The fraction of sp³-hybridized carbons (Fsp3) is 0.474. The highest BCUT2D eigenvalue weighted by atomic mass is 35.5. The van der Waals surface area contributed by atoms with E-state index in [1.54, 1.807) is 0 Å². The number of aromatic nitrogens is 1. The number of benzene rings is 1. The molecule has 1 aromatic heterocycles. The summed E-state index contributed by atoms with van der Waals surface area (Å²) in [7, 11) is 0. The van der Waals surface area contributed by atoms with Crippen LogP contribution in [-0.4, -0.2) is 50.2 Å². The molecule has 4 rings (SSSR count). The SMILES string of the molecule is Cl.Cl.NCCC1CCN(c2ccc3nc(N4CCNCC4)c(Cl)cc3c2)C1=O. The van der Waals surface area contributed by atoms with Gasteiger partial charge >= 0.3 is 0 Å². The molecule has 9 heteroatoms. The molecule has 2 aliphatic rings. The molecule has 0 spiro atoms. The Morgan fingerprint density at radius 1 is 1.18 bits per heavy atom. The second-order valence-electron chi connectivity index (χ2n) is 6.96. The summed E-state index contributed by atoms with van der Waals surface area (Å²) in [6.07, 6.45) is 1.62. The molecule has 1 unspecified atom stereocenters. The third-order valence-electron chi connectivity index (χ3n) is 5.29. The summed E-state index contributed by atoms with van der Waals surface area (Å²) in [5.41, 5.74) is 7.43. The number of nitrogens with two attached hydrogens (primary N) is 1. The van der Waals surface area contributed by atoms with E-state index < -0.39 is 0 Å². The Hall–Kier alpha value is -1.31. The van der Waals surface area contributed by atoms with Crippen LogP contribution < -0.4 is 20.9 Å². The molecule has 1 atom stereocenters. The molecule has 2 aromatic rings. The number of hydrogen-bond acceptors (Lipinski definition) is 5. The van der Waals surface area contributed by atoms with Crippen molar-refractivity contribution in [2.45, 2.75) is 12.8 Å². The van der Waals surface area contributed by atoms with Crippen LogP contribution in [0.4, 0.5) is 11.5 Å². The third-order valence-corrected chi connectivity index (χ3v) is 5.57. The number of nitrogens with one attached hydrogen (secondary N) is 1. The molecule has 1 aromatic carbocycles. The maximum Gasteiger partial charge on any atom is 0.230 e. The van der Waals surface area contributed by atoms with Crippen molar-refractivity contribution < 1.29 is 4.79 Å². The molecule has 3 heterocycles. The minimum atomic E-state index is 0. The summed E-state index contributed by atoms with van der Waals surface area (Å²) in [6.45, 7) is 4.99. The van der Waals surface area contributed by atoms with Crippen LogP contribution in [0, 0.1) is 5.92 Å². The number of piperazine rings is 1. The van der Waals surface area contributed by atoms with Gasteiger partial charge < -0.3 is 20.9 Å². The number of fused-ring (bicyclic) bond motifs is 1. The Balaban J connectivity index is 0.00000140. The standard InChI is InChI=1S/C19H24ClN5O.2ClH/c20-16-12-14-11-15(25-8-4-13(3-5-21)19(25)26)1-2-17(14)23-18(16)24-9-6-22-7-10-24;;/h1-2,11-13,22H,3-10,21H2;2*1H. The van der Waals surface area contributed by atoms with Gasteiger partial charge in [0.15, 0.2) is 0 Å². The molecular formula is C19H26Cl3N5O. The second-order valence-corrected chi connectivity index (χ2v) is 7.37. The van der Waals surface area contributed by atoms with Crippen molar-refractivity contribution in [1.29, 1.82) is 0 Å². The van der Waals surface area contributed by atoms with E-state index in [9.17, 15) is 4.79 Å². The summed E-state index contributed by atoms with van der Waals surface area (Å²) < 4.78 is 0. The lowest BCUT2D eigenvalue weighted by atomic mass is 10.0. The number of carbonyl (C=O) groups is 1. The first-order valence-corrected chi connectivity index (χ1v) is 9.62. The van der Waals surface area contributed by atoms with Crippen molar-refractivity contribution in [3.05, 3.63) is 29.3 Å². The van der Waals surface area contributed by atoms with Crippen molar-refractivity contribution in [3.63, 3.8) is 0 Å². The van der Waals surface area contributed by atoms with Crippen molar-refractivity contribution >= 4 is 64.7 Å². The molecule has 1 amide bonds. The molecule has 2 saturated heterocycles. The lowest BCUT2D eigenvalue weighted by Gasteiger charge is -2.29. The number of rotatable bonds is 4. The van der Waals surface area contributed by atoms with Gasteiger partial charge in [0, 0.05) is 49.7 Å². The number of halogens is 3. The second kappa shape index (κ2) is 9.94. The third kappa shape index (κ3) is 4.47. The van der Waals surface area contributed by atoms with Gasteiger partial charge in [-0.15, -0.1) is 24.8 Å². The maximum absolute atomic E-state index is 12.6. The van der Waals surface area contributed by atoms with Gasteiger partial charge in [0.25, 0.3) is 0 Å². The van der Waals surface area contributed by atoms with Crippen LogP contribution in [0.3, 0.4) is 0 Å². The van der Waals surface area contributed by atoms with Gasteiger partial charge in [-0.1, -0.05) is 11.6 Å². The molecule has 2 fully saturated rings. The van der Waals surface area contributed by atoms with Gasteiger partial charge in [-0.25, -0.2) is 4.98 Å². The smallest absolute Gasteiger partial charge is 0.230 e. The highest BCUT2D eigenvalue weighted by Crippen LogP contribution is 2.32. The number of carbonyl (C=O) groups excluding carboxylic acids is 1. The van der Waals surface area contributed by atoms with Gasteiger partial charge in [0.1, 0.15) is 5.82 Å². The van der Waals surface area contributed by atoms with Crippen LogP contribution in [0.5, 0.6) is 0 Å². The Labute approximate surface area is 182 Å². The number of pyridine rings is 1. The van der Waals surface area contributed by atoms with Crippen LogP contribution in [-0.2, 0) is 4.79 Å². The molecule has 0 saturated carbocycles. The number of nitrogens with zero attached hydrogens (tertiary/aromatic N) is 3. The number of anilines is 2. The van der Waals surface area contributed by atoms with Crippen LogP contribution in [0.2, 0.25) is 5.02 Å². The zero-order chi connectivity index (χ0) is 18.1. The highest BCUT2D eigenvalue weighted by molar-refractivity contribution is 6.33. The molecule has 0 aliphatic carbocycles. The first kappa shape index (κ1) is 23.0. The Bertz CT molecular complexity index is 829. The lowest BCUT2D eigenvalue weighted by Crippen LogP contribution is -2.44. The predicted octanol–water partition coefficient (Wildman–Crippen LogP) is 2.84. The molecule has 154 valence electrons. The van der Waals surface area contributed by atoms with Crippen molar-refractivity contribution in [1.82, 2.24) is 10.3 Å². The van der Waals surface area contributed by atoms with Crippen LogP contribution in [0.15, 0.2) is 24.3 Å². The van der Waals surface area contributed by atoms with Crippen molar-refractivity contribution in [3.8, 4) is 0 Å². The first-order valence-electron chi connectivity index (χ1n) is 9.25. The summed E-state index contributed by atoms with van der Waals surface area (Å²) in [6, 6.07) is 7.94. The summed E-state index contributed by atoms with van der Waals surface area (Å²) in [4.78, 5) is 21.4. The topological polar surface area (TPSA) is 74.5 Å². The zero-order valence-corrected chi connectivity index (χ0v) is 18.0. The molecule has 3 N–H and O–H groups in total. The van der Waals surface area contributed by atoms with Gasteiger partial charge in [-0.2, -0.15) is 0 Å². The van der Waals surface area contributed by atoms with Gasteiger partial charge in [0.2, 0.25) is 5.91 Å². The quantitative estimate of drug-likeness (QED) is 0.755. The molecule has 28 heavy (non-hydrogen) atoms. The van der Waals surface area contributed by atoms with Crippen LogP contribution in [0.25, 0.3) is 10.9 Å². The molecule has 0 radical (unpaired) electrons. The average Bonchev–Trinajstić information content (AvgIpc) is 3.02. The largest absolute Gasteiger partial charge is 0.353 e. The van der Waals surface area contributed by atoms with E-state index in [1.807, 2.05) is 29.2 Å². The molecular weight excluding hydrogens is 421 g/mol. The average molecular weight is 447 g/mol. The van der Waals surface area contributed by atoms with Crippen molar-refractivity contribution in [2.24, 2.45) is 11.7 Å². The summed E-state index contributed by atoms with van der Waals surface area (Å²) >= 11 is 6.52. The molecule has 0 bridgehead atoms. The minimum absolute atomic E-state index is 0. The fourth-order valence-electron chi connectivity index (χ4n) is 3.86. The van der Waals surface area contributed by atoms with Crippen LogP contribution in [0.1, 0.15) is 12.8 Å².